The Morgan fingerprint density at radius 1 is 1.46 bits per heavy atom. The largest absolute Gasteiger partial charge is 0.479 e. The summed E-state index contributed by atoms with van der Waals surface area (Å²) in [4.78, 5) is 13.0. The summed E-state index contributed by atoms with van der Waals surface area (Å²) in [7, 11) is 1.53. The van der Waals surface area contributed by atoms with Crippen LogP contribution >= 0.6 is 0 Å². The van der Waals surface area contributed by atoms with E-state index in [1.54, 1.807) is 17.8 Å². The Morgan fingerprint density at radius 3 is 2.96 bits per heavy atom. The summed E-state index contributed by atoms with van der Waals surface area (Å²) in [5, 5.41) is 20.2. The zero-order valence-electron chi connectivity index (χ0n) is 13.5. The predicted molar refractivity (Wildman–Crippen MR) is 81.5 cm³/mol. The number of aliphatic hydroxyl groups excluding tert-OH is 2. The summed E-state index contributed by atoms with van der Waals surface area (Å²) in [6.45, 7) is 2.02. The van der Waals surface area contributed by atoms with Crippen molar-refractivity contribution < 1.29 is 24.4 Å². The molecule has 0 bridgehead atoms. The lowest BCUT2D eigenvalue weighted by Gasteiger charge is -2.31. The van der Waals surface area contributed by atoms with Crippen LogP contribution in [0.2, 0.25) is 0 Å². The molecule has 2 fully saturated rings. The van der Waals surface area contributed by atoms with Gasteiger partial charge >= 0.3 is 0 Å². The standard InChI is InChI=1S/C15H20N4O5/c1-8-17-12-10(13(18-8)22-2)16-7-19(12)14-15(4-3-5-23-15)11(21)9(6-20)24-14/h7,9,11,14,20-21H,3-6H2,1-2H3/t9?,11-,14?,15-/m1/s1. The fourth-order valence-corrected chi connectivity index (χ4v) is 3.68. The van der Waals surface area contributed by atoms with Crippen LogP contribution in [0.3, 0.4) is 0 Å². The number of nitrogens with zero attached hydrogens (tertiary/aromatic N) is 4. The molecule has 2 aromatic heterocycles. The minimum atomic E-state index is -0.919. The van der Waals surface area contributed by atoms with Gasteiger partial charge in [0.25, 0.3) is 0 Å². The van der Waals surface area contributed by atoms with Gasteiger partial charge in [0, 0.05) is 6.61 Å². The van der Waals surface area contributed by atoms with Crippen molar-refractivity contribution in [1.29, 1.82) is 0 Å². The van der Waals surface area contributed by atoms with Crippen LogP contribution in [-0.4, -0.2) is 67.9 Å². The van der Waals surface area contributed by atoms with Crippen LogP contribution in [-0.2, 0) is 9.47 Å². The van der Waals surface area contributed by atoms with E-state index in [2.05, 4.69) is 15.0 Å². The molecular weight excluding hydrogens is 316 g/mol. The third kappa shape index (κ3) is 2.05. The highest BCUT2D eigenvalue weighted by atomic mass is 16.6. The third-order valence-electron chi connectivity index (χ3n) is 4.78. The van der Waals surface area contributed by atoms with Crippen molar-refractivity contribution in [2.45, 2.75) is 43.8 Å². The Balaban J connectivity index is 1.86. The molecule has 4 heterocycles. The summed E-state index contributed by atoms with van der Waals surface area (Å²) in [6, 6.07) is 0. The molecule has 4 atom stereocenters. The molecule has 4 rings (SSSR count). The van der Waals surface area contributed by atoms with E-state index in [-0.39, 0.29) is 6.61 Å². The van der Waals surface area contributed by atoms with Crippen molar-refractivity contribution in [1.82, 2.24) is 19.5 Å². The second-order valence-corrected chi connectivity index (χ2v) is 6.17. The molecule has 0 aromatic carbocycles. The minimum absolute atomic E-state index is 0.285. The SMILES string of the molecule is COc1nc(C)nc2c1ncn2C1OC(CO)[C@@H](O)[C@]12CCCO2. The summed E-state index contributed by atoms with van der Waals surface area (Å²) in [5.41, 5.74) is 0.152. The second kappa shape index (κ2) is 5.62. The number of ether oxygens (including phenoxy) is 3. The van der Waals surface area contributed by atoms with E-state index in [0.29, 0.717) is 35.9 Å². The predicted octanol–water partition coefficient (Wildman–Crippen LogP) is -0.0569. The lowest BCUT2D eigenvalue weighted by molar-refractivity contribution is -0.119. The Morgan fingerprint density at radius 2 is 2.29 bits per heavy atom. The normalized spacial score (nSPS) is 32.9. The topological polar surface area (TPSA) is 112 Å². The maximum Gasteiger partial charge on any atom is 0.245 e. The average Bonchev–Trinajstić information content (AvgIpc) is 3.28. The first-order valence-electron chi connectivity index (χ1n) is 7.94. The van der Waals surface area contributed by atoms with Gasteiger partial charge in [0.2, 0.25) is 5.88 Å². The van der Waals surface area contributed by atoms with Crippen molar-refractivity contribution in [2.75, 3.05) is 20.3 Å². The van der Waals surface area contributed by atoms with Crippen LogP contribution in [0.1, 0.15) is 24.9 Å². The van der Waals surface area contributed by atoms with Gasteiger partial charge < -0.3 is 24.4 Å². The lowest BCUT2D eigenvalue weighted by Crippen LogP contribution is -2.46. The van der Waals surface area contributed by atoms with Crippen LogP contribution < -0.4 is 4.74 Å². The van der Waals surface area contributed by atoms with Gasteiger partial charge in [0.1, 0.15) is 23.6 Å². The van der Waals surface area contributed by atoms with Gasteiger partial charge in [-0.15, -0.1) is 0 Å². The molecular formula is C15H20N4O5. The van der Waals surface area contributed by atoms with Crippen LogP contribution in [0.5, 0.6) is 5.88 Å². The Kier molecular flexibility index (Phi) is 3.68. The van der Waals surface area contributed by atoms with Gasteiger partial charge in [-0.05, 0) is 19.8 Å². The Labute approximate surface area is 138 Å². The van der Waals surface area contributed by atoms with Gasteiger partial charge in [0.05, 0.1) is 20.0 Å². The van der Waals surface area contributed by atoms with Gasteiger partial charge in [-0.2, -0.15) is 4.98 Å². The van der Waals surface area contributed by atoms with Gasteiger partial charge in [0.15, 0.2) is 17.4 Å². The monoisotopic (exact) mass is 336 g/mol. The van der Waals surface area contributed by atoms with Gasteiger partial charge in [-0.25, -0.2) is 9.97 Å². The fourth-order valence-electron chi connectivity index (χ4n) is 3.68. The molecule has 2 aromatic rings. The molecule has 9 nitrogen and oxygen atoms in total. The van der Waals surface area contributed by atoms with E-state index in [1.165, 1.54) is 7.11 Å². The lowest BCUT2D eigenvalue weighted by atomic mass is 9.91. The summed E-state index contributed by atoms with van der Waals surface area (Å²) in [6.07, 6.45) is 0.778. The molecule has 2 aliphatic heterocycles. The molecule has 0 amide bonds. The number of aliphatic hydroxyl groups is 2. The first-order chi connectivity index (χ1) is 11.6. The molecule has 130 valence electrons. The first kappa shape index (κ1) is 15.7. The number of fused-ring (bicyclic) bond motifs is 1. The third-order valence-corrected chi connectivity index (χ3v) is 4.78. The van der Waals surface area contributed by atoms with Crippen molar-refractivity contribution in [3.05, 3.63) is 12.2 Å². The van der Waals surface area contributed by atoms with Gasteiger partial charge in [-0.1, -0.05) is 0 Å². The summed E-state index contributed by atoms with van der Waals surface area (Å²) >= 11 is 0. The number of methoxy groups -OCH3 is 1. The highest BCUT2D eigenvalue weighted by molar-refractivity contribution is 5.76. The quantitative estimate of drug-likeness (QED) is 0.802. The maximum atomic E-state index is 10.6. The number of aryl methyl sites for hydroxylation is 1. The molecule has 2 aliphatic rings. The maximum absolute atomic E-state index is 10.6. The van der Waals surface area contributed by atoms with Crippen molar-refractivity contribution in [2.24, 2.45) is 0 Å². The van der Waals surface area contributed by atoms with E-state index in [4.69, 9.17) is 14.2 Å². The molecule has 0 radical (unpaired) electrons. The van der Waals surface area contributed by atoms with Crippen LogP contribution in [0, 0.1) is 6.92 Å². The van der Waals surface area contributed by atoms with Gasteiger partial charge in [-0.3, -0.25) is 4.57 Å². The Bertz CT molecular complexity index is 758. The highest BCUT2D eigenvalue weighted by Crippen LogP contribution is 2.48. The van der Waals surface area contributed by atoms with E-state index < -0.39 is 24.0 Å². The van der Waals surface area contributed by atoms with Crippen LogP contribution in [0.4, 0.5) is 0 Å². The summed E-state index contributed by atoms with van der Waals surface area (Å²) < 4.78 is 18.8. The Hall–Kier alpha value is -1.81. The number of rotatable bonds is 3. The zero-order chi connectivity index (χ0) is 16.9. The number of hydrogen-bond donors (Lipinski definition) is 2. The smallest absolute Gasteiger partial charge is 0.245 e. The first-order valence-corrected chi connectivity index (χ1v) is 7.94. The van der Waals surface area contributed by atoms with E-state index >= 15 is 0 Å². The number of aromatic nitrogens is 4. The zero-order valence-corrected chi connectivity index (χ0v) is 13.5. The van der Waals surface area contributed by atoms with Crippen molar-refractivity contribution >= 4 is 11.2 Å². The average molecular weight is 336 g/mol. The number of imidazole rings is 1. The van der Waals surface area contributed by atoms with Crippen molar-refractivity contribution in [3.63, 3.8) is 0 Å². The fraction of sp³-hybridized carbons (Fsp3) is 0.667. The molecule has 1 spiro atoms. The summed E-state index contributed by atoms with van der Waals surface area (Å²) in [5.74, 6) is 0.926. The molecule has 0 saturated carbocycles. The molecule has 2 saturated heterocycles. The molecule has 2 N–H and O–H groups in total. The molecule has 2 unspecified atom stereocenters. The molecule has 9 heteroatoms. The molecule has 0 aliphatic carbocycles. The second-order valence-electron chi connectivity index (χ2n) is 6.17. The van der Waals surface area contributed by atoms with E-state index in [0.717, 1.165) is 6.42 Å². The van der Waals surface area contributed by atoms with Crippen molar-refractivity contribution in [3.8, 4) is 5.88 Å². The molecule has 24 heavy (non-hydrogen) atoms. The highest BCUT2D eigenvalue weighted by Gasteiger charge is 2.59. The van der Waals surface area contributed by atoms with Crippen LogP contribution in [0.25, 0.3) is 11.2 Å². The van der Waals surface area contributed by atoms with E-state index in [9.17, 15) is 10.2 Å². The minimum Gasteiger partial charge on any atom is -0.479 e. The van der Waals surface area contributed by atoms with Crippen LogP contribution in [0.15, 0.2) is 6.33 Å². The number of hydrogen-bond acceptors (Lipinski definition) is 8. The van der Waals surface area contributed by atoms with E-state index in [1.807, 2.05) is 0 Å².